The molecule has 1 fully saturated rings. The monoisotopic (exact) mass is 276 g/mol. The lowest BCUT2D eigenvalue weighted by atomic mass is 10.00. The third kappa shape index (κ3) is 4.22. The Kier molecular flexibility index (Phi) is 5.44. The first kappa shape index (κ1) is 15.3. The minimum Gasteiger partial charge on any atom is -0.508 e. The minimum absolute atomic E-state index is 0.353. The van der Waals surface area contributed by atoms with Gasteiger partial charge in [-0.2, -0.15) is 0 Å². The van der Waals surface area contributed by atoms with Crippen LogP contribution in [0.15, 0.2) is 24.3 Å². The zero-order chi connectivity index (χ0) is 14.5. The zero-order valence-corrected chi connectivity index (χ0v) is 13.0. The van der Waals surface area contributed by atoms with Gasteiger partial charge < -0.3 is 10.0 Å². The molecule has 2 rings (SSSR count). The number of aryl methyl sites for hydroxylation is 1. The Bertz CT molecular complexity index is 402. The fourth-order valence-corrected chi connectivity index (χ4v) is 3.03. The van der Waals surface area contributed by atoms with Gasteiger partial charge in [0.2, 0.25) is 0 Å². The summed E-state index contributed by atoms with van der Waals surface area (Å²) in [5, 5.41) is 9.31. The third-order valence-corrected chi connectivity index (χ3v) is 4.57. The number of benzene rings is 1. The number of likely N-dealkylation sites (N-methyl/N-ethyl adjacent to an activating group) is 1. The van der Waals surface area contributed by atoms with Crippen molar-refractivity contribution in [2.24, 2.45) is 0 Å². The van der Waals surface area contributed by atoms with Crippen molar-refractivity contribution < 1.29 is 5.11 Å². The van der Waals surface area contributed by atoms with E-state index in [2.05, 4.69) is 30.8 Å². The molecule has 20 heavy (non-hydrogen) atoms. The van der Waals surface area contributed by atoms with Gasteiger partial charge in [-0.3, -0.25) is 4.90 Å². The fraction of sp³-hybridized carbons (Fsp3) is 0.647. The van der Waals surface area contributed by atoms with E-state index in [4.69, 9.17) is 0 Å². The second kappa shape index (κ2) is 7.09. The third-order valence-electron chi connectivity index (χ3n) is 4.57. The molecule has 1 heterocycles. The van der Waals surface area contributed by atoms with Crippen molar-refractivity contribution in [1.82, 2.24) is 9.80 Å². The number of aromatic hydroxyl groups is 1. The molecule has 2 unspecified atom stereocenters. The summed E-state index contributed by atoms with van der Waals surface area (Å²) in [4.78, 5) is 4.99. The predicted molar refractivity (Wildman–Crippen MR) is 84.2 cm³/mol. The lowest BCUT2D eigenvalue weighted by Gasteiger charge is -2.39. The lowest BCUT2D eigenvalue weighted by Crippen LogP contribution is -2.48. The molecule has 0 saturated carbocycles. The van der Waals surface area contributed by atoms with Gasteiger partial charge in [-0.05, 0) is 70.9 Å². The van der Waals surface area contributed by atoms with Gasteiger partial charge in [0.05, 0.1) is 0 Å². The molecule has 2 atom stereocenters. The zero-order valence-electron chi connectivity index (χ0n) is 13.0. The highest BCUT2D eigenvalue weighted by Gasteiger charge is 2.24. The molecule has 1 saturated heterocycles. The van der Waals surface area contributed by atoms with Gasteiger partial charge in [0, 0.05) is 18.6 Å². The van der Waals surface area contributed by atoms with E-state index in [9.17, 15) is 5.11 Å². The van der Waals surface area contributed by atoms with E-state index in [1.807, 2.05) is 12.1 Å². The maximum Gasteiger partial charge on any atom is 0.115 e. The van der Waals surface area contributed by atoms with E-state index in [1.54, 1.807) is 12.1 Å². The quantitative estimate of drug-likeness (QED) is 0.896. The van der Waals surface area contributed by atoms with Crippen LogP contribution in [0.5, 0.6) is 5.75 Å². The van der Waals surface area contributed by atoms with Gasteiger partial charge in [-0.25, -0.2) is 0 Å². The number of likely N-dealkylation sites (tertiary alicyclic amines) is 1. The maximum atomic E-state index is 9.31. The lowest BCUT2D eigenvalue weighted by molar-refractivity contribution is 0.0989. The number of phenols is 1. The Morgan fingerprint density at radius 3 is 2.65 bits per heavy atom. The average molecular weight is 276 g/mol. The summed E-state index contributed by atoms with van der Waals surface area (Å²) in [6, 6.07) is 8.96. The molecular formula is C17H28N2O. The Morgan fingerprint density at radius 2 is 2.00 bits per heavy atom. The van der Waals surface area contributed by atoms with Crippen LogP contribution in [-0.2, 0) is 6.42 Å². The summed E-state index contributed by atoms with van der Waals surface area (Å²) in [6.07, 6.45) is 4.91. The van der Waals surface area contributed by atoms with Gasteiger partial charge >= 0.3 is 0 Å². The second-order valence-corrected chi connectivity index (χ2v) is 6.31. The number of nitrogens with zero attached hydrogens (tertiary/aromatic N) is 2. The molecule has 0 spiro atoms. The van der Waals surface area contributed by atoms with Crippen molar-refractivity contribution in [3.05, 3.63) is 29.8 Å². The number of hydrogen-bond acceptors (Lipinski definition) is 3. The number of rotatable bonds is 5. The Balaban J connectivity index is 1.82. The van der Waals surface area contributed by atoms with E-state index in [-0.39, 0.29) is 0 Å². The van der Waals surface area contributed by atoms with Crippen molar-refractivity contribution >= 4 is 0 Å². The Morgan fingerprint density at radius 1 is 1.30 bits per heavy atom. The van der Waals surface area contributed by atoms with Crippen LogP contribution in [0, 0.1) is 0 Å². The summed E-state index contributed by atoms with van der Waals surface area (Å²) >= 11 is 0. The van der Waals surface area contributed by atoms with Crippen LogP contribution in [-0.4, -0.2) is 54.2 Å². The van der Waals surface area contributed by atoms with Crippen LogP contribution in [0.3, 0.4) is 0 Å². The molecule has 0 amide bonds. The minimum atomic E-state index is 0.353. The molecule has 3 nitrogen and oxygen atoms in total. The number of phenolic OH excluding ortho intramolecular Hbond substituents is 1. The van der Waals surface area contributed by atoms with Crippen molar-refractivity contribution in [1.29, 1.82) is 0 Å². The van der Waals surface area contributed by atoms with E-state index in [1.165, 1.54) is 37.9 Å². The van der Waals surface area contributed by atoms with Crippen LogP contribution in [0.4, 0.5) is 0 Å². The van der Waals surface area contributed by atoms with Crippen molar-refractivity contribution in [2.75, 3.05) is 27.2 Å². The largest absolute Gasteiger partial charge is 0.508 e. The molecule has 1 aromatic rings. The van der Waals surface area contributed by atoms with E-state index < -0.39 is 0 Å². The fourth-order valence-electron chi connectivity index (χ4n) is 3.03. The first-order valence-electron chi connectivity index (χ1n) is 7.74. The molecule has 3 heteroatoms. The Hall–Kier alpha value is -1.06. The summed E-state index contributed by atoms with van der Waals surface area (Å²) in [5.41, 5.74) is 1.32. The summed E-state index contributed by atoms with van der Waals surface area (Å²) in [6.45, 7) is 4.78. The number of hydrogen-bond donors (Lipinski definition) is 1. The summed E-state index contributed by atoms with van der Waals surface area (Å²) in [7, 11) is 4.38. The smallest absolute Gasteiger partial charge is 0.115 e. The highest BCUT2D eigenvalue weighted by Crippen LogP contribution is 2.19. The first-order valence-corrected chi connectivity index (χ1v) is 7.74. The van der Waals surface area contributed by atoms with Crippen molar-refractivity contribution in [3.8, 4) is 5.75 Å². The van der Waals surface area contributed by atoms with E-state index >= 15 is 0 Å². The van der Waals surface area contributed by atoms with Gasteiger partial charge in [0.1, 0.15) is 5.75 Å². The summed E-state index contributed by atoms with van der Waals surface area (Å²) < 4.78 is 0. The maximum absolute atomic E-state index is 9.31. The topological polar surface area (TPSA) is 26.7 Å². The highest BCUT2D eigenvalue weighted by atomic mass is 16.3. The molecule has 0 radical (unpaired) electrons. The standard InChI is InChI=1S/C17H28N2O/c1-14(6-7-15-8-10-17(20)11-9-15)19-12-4-5-16(13-19)18(2)3/h8-11,14,16,20H,4-7,12-13H2,1-3H3. The molecule has 0 aromatic heterocycles. The predicted octanol–water partition coefficient (Wildman–Crippen LogP) is 2.74. The molecule has 1 aliphatic rings. The van der Waals surface area contributed by atoms with Gasteiger partial charge in [-0.15, -0.1) is 0 Å². The van der Waals surface area contributed by atoms with Crippen LogP contribution < -0.4 is 0 Å². The van der Waals surface area contributed by atoms with Crippen molar-refractivity contribution in [3.63, 3.8) is 0 Å². The Labute approximate surface area is 123 Å². The van der Waals surface area contributed by atoms with Gasteiger partial charge in [0.25, 0.3) is 0 Å². The van der Waals surface area contributed by atoms with Gasteiger partial charge in [0.15, 0.2) is 0 Å². The molecule has 1 N–H and O–H groups in total. The van der Waals surface area contributed by atoms with E-state index in [0.29, 0.717) is 17.8 Å². The average Bonchev–Trinajstić information content (AvgIpc) is 2.46. The van der Waals surface area contributed by atoms with E-state index in [0.717, 1.165) is 6.42 Å². The van der Waals surface area contributed by atoms with Gasteiger partial charge in [-0.1, -0.05) is 12.1 Å². The van der Waals surface area contributed by atoms with Crippen LogP contribution in [0.1, 0.15) is 31.7 Å². The van der Waals surface area contributed by atoms with Crippen LogP contribution in [0.25, 0.3) is 0 Å². The second-order valence-electron chi connectivity index (χ2n) is 6.31. The molecule has 1 aliphatic heterocycles. The molecule has 0 bridgehead atoms. The SMILES string of the molecule is CC(CCc1ccc(O)cc1)N1CCCC(N(C)C)C1. The van der Waals surface area contributed by atoms with Crippen LogP contribution >= 0.6 is 0 Å². The first-order chi connectivity index (χ1) is 9.56. The molecule has 0 aliphatic carbocycles. The normalized spacial score (nSPS) is 22.1. The molecule has 112 valence electrons. The van der Waals surface area contributed by atoms with Crippen molar-refractivity contribution in [2.45, 2.75) is 44.7 Å². The summed E-state index contributed by atoms with van der Waals surface area (Å²) in [5.74, 6) is 0.353. The van der Waals surface area contributed by atoms with Crippen LogP contribution in [0.2, 0.25) is 0 Å². The molecular weight excluding hydrogens is 248 g/mol. The highest BCUT2D eigenvalue weighted by molar-refractivity contribution is 5.25. The number of piperidine rings is 1. The molecule has 1 aromatic carbocycles.